The molecule has 0 atom stereocenters. The third-order valence-corrected chi connectivity index (χ3v) is 3.74. The van der Waals surface area contributed by atoms with Crippen molar-refractivity contribution in [2.24, 2.45) is 10.8 Å². The van der Waals surface area contributed by atoms with E-state index in [9.17, 15) is 4.79 Å². The van der Waals surface area contributed by atoms with Crippen LogP contribution in [0.5, 0.6) is 0 Å². The van der Waals surface area contributed by atoms with Crippen LogP contribution >= 0.6 is 0 Å². The number of rotatable bonds is 2. The molecule has 0 heterocycles. The Labute approximate surface area is 78.3 Å². The van der Waals surface area contributed by atoms with E-state index in [0.29, 0.717) is 11.8 Å². The van der Waals surface area contributed by atoms with E-state index in [4.69, 9.17) is 11.5 Å². The Bertz CT molecular complexity index is 273. The van der Waals surface area contributed by atoms with Crippen LogP contribution in [0.15, 0.2) is 0 Å². The van der Waals surface area contributed by atoms with Gasteiger partial charge < -0.3 is 5.11 Å². The molecule has 0 amide bonds. The highest BCUT2D eigenvalue weighted by molar-refractivity contribution is 5.76. The van der Waals surface area contributed by atoms with Gasteiger partial charge in [-0.3, -0.25) is 4.79 Å². The second kappa shape index (κ2) is 2.51. The van der Waals surface area contributed by atoms with Crippen LogP contribution in [0.2, 0.25) is 0 Å². The largest absolute Gasteiger partial charge is 0.481 e. The van der Waals surface area contributed by atoms with E-state index < -0.39 is 11.4 Å². The standard InChI is InChI=1S/C11H14O2/c1-2-4-11(9(12)13)7-10(8-11)5-3-6-10/h1H,3-8H2,(H,12,13). The molecule has 13 heavy (non-hydrogen) atoms. The Balaban J connectivity index is 2.05. The molecule has 2 nitrogen and oxygen atoms in total. The van der Waals surface area contributed by atoms with Gasteiger partial charge in [-0.15, -0.1) is 12.3 Å². The highest BCUT2D eigenvalue weighted by Crippen LogP contribution is 2.65. The Kier molecular flexibility index (Phi) is 1.66. The highest BCUT2D eigenvalue weighted by Gasteiger charge is 2.60. The molecule has 0 saturated heterocycles. The van der Waals surface area contributed by atoms with E-state index in [1.54, 1.807) is 0 Å². The summed E-state index contributed by atoms with van der Waals surface area (Å²) in [5.41, 5.74) is -0.176. The van der Waals surface area contributed by atoms with Crippen LogP contribution in [-0.4, -0.2) is 11.1 Å². The maximum Gasteiger partial charge on any atom is 0.310 e. The Morgan fingerprint density at radius 1 is 1.46 bits per heavy atom. The zero-order chi connectivity index (χ0) is 9.53. The summed E-state index contributed by atoms with van der Waals surface area (Å²) in [4.78, 5) is 11.0. The van der Waals surface area contributed by atoms with Gasteiger partial charge in [0.2, 0.25) is 0 Å². The van der Waals surface area contributed by atoms with Crippen molar-refractivity contribution in [1.29, 1.82) is 0 Å². The molecular weight excluding hydrogens is 164 g/mol. The number of hydrogen-bond donors (Lipinski definition) is 1. The molecular formula is C11H14O2. The lowest BCUT2D eigenvalue weighted by Gasteiger charge is -2.58. The summed E-state index contributed by atoms with van der Waals surface area (Å²) < 4.78 is 0. The van der Waals surface area contributed by atoms with Crippen molar-refractivity contribution in [2.75, 3.05) is 0 Å². The second-order valence-electron chi connectivity index (χ2n) is 4.67. The predicted octanol–water partition coefficient (Wildman–Crippen LogP) is 2.04. The van der Waals surface area contributed by atoms with Crippen LogP contribution in [0.4, 0.5) is 0 Å². The Hall–Kier alpha value is -0.970. The summed E-state index contributed by atoms with van der Waals surface area (Å²) in [5.74, 6) is 1.81. The molecule has 2 rings (SSSR count). The average Bonchev–Trinajstić information content (AvgIpc) is 1.91. The lowest BCUT2D eigenvalue weighted by Crippen LogP contribution is -2.54. The Morgan fingerprint density at radius 3 is 2.38 bits per heavy atom. The summed E-state index contributed by atoms with van der Waals surface area (Å²) in [5, 5.41) is 9.07. The van der Waals surface area contributed by atoms with Crippen molar-refractivity contribution in [3.05, 3.63) is 0 Å². The lowest BCUT2D eigenvalue weighted by molar-refractivity contribution is -0.173. The van der Waals surface area contributed by atoms with Crippen LogP contribution in [0.25, 0.3) is 0 Å². The van der Waals surface area contributed by atoms with Gasteiger partial charge in [0.1, 0.15) is 0 Å². The number of carboxylic acid groups (broad SMARTS) is 1. The van der Waals surface area contributed by atoms with Gasteiger partial charge in [0.05, 0.1) is 5.41 Å². The van der Waals surface area contributed by atoms with Crippen LogP contribution < -0.4 is 0 Å². The molecule has 0 aliphatic heterocycles. The number of hydrogen-bond acceptors (Lipinski definition) is 1. The van der Waals surface area contributed by atoms with E-state index in [1.165, 1.54) is 19.3 Å². The summed E-state index contributed by atoms with van der Waals surface area (Å²) in [7, 11) is 0. The molecule has 2 heteroatoms. The van der Waals surface area contributed by atoms with E-state index in [-0.39, 0.29) is 0 Å². The van der Waals surface area contributed by atoms with Gasteiger partial charge in [-0.2, -0.15) is 0 Å². The molecule has 2 saturated carbocycles. The fraction of sp³-hybridized carbons (Fsp3) is 0.727. The van der Waals surface area contributed by atoms with E-state index in [2.05, 4.69) is 5.92 Å². The minimum absolute atomic E-state index is 0.384. The van der Waals surface area contributed by atoms with E-state index >= 15 is 0 Å². The van der Waals surface area contributed by atoms with Crippen molar-refractivity contribution < 1.29 is 9.90 Å². The van der Waals surface area contributed by atoms with Gasteiger partial charge in [0, 0.05) is 6.42 Å². The summed E-state index contributed by atoms with van der Waals surface area (Å²) in [6.07, 6.45) is 10.9. The van der Waals surface area contributed by atoms with Crippen LogP contribution in [0, 0.1) is 23.2 Å². The normalized spacial score (nSPS) is 27.0. The molecule has 0 aromatic heterocycles. The topological polar surface area (TPSA) is 37.3 Å². The number of terminal acetylenes is 1. The maximum absolute atomic E-state index is 11.0. The fourth-order valence-corrected chi connectivity index (χ4v) is 2.96. The van der Waals surface area contributed by atoms with Crippen LogP contribution in [0.1, 0.15) is 38.5 Å². The molecule has 1 N–H and O–H groups in total. The fourth-order valence-electron chi connectivity index (χ4n) is 2.96. The van der Waals surface area contributed by atoms with Gasteiger partial charge in [-0.25, -0.2) is 0 Å². The molecule has 2 fully saturated rings. The number of aliphatic carboxylic acids is 1. The predicted molar refractivity (Wildman–Crippen MR) is 49.0 cm³/mol. The van der Waals surface area contributed by atoms with Crippen LogP contribution in [0.3, 0.4) is 0 Å². The highest BCUT2D eigenvalue weighted by atomic mass is 16.4. The molecule has 0 unspecified atom stereocenters. The smallest absolute Gasteiger partial charge is 0.310 e. The zero-order valence-corrected chi connectivity index (χ0v) is 7.68. The summed E-state index contributed by atoms with van der Waals surface area (Å²) in [6, 6.07) is 0. The molecule has 2 aliphatic rings. The van der Waals surface area contributed by atoms with Crippen molar-refractivity contribution in [2.45, 2.75) is 38.5 Å². The first-order valence-corrected chi connectivity index (χ1v) is 4.79. The maximum atomic E-state index is 11.0. The van der Waals surface area contributed by atoms with E-state index in [0.717, 1.165) is 12.8 Å². The molecule has 0 aromatic carbocycles. The first kappa shape index (κ1) is 8.62. The minimum atomic E-state index is -0.692. The molecule has 2 aliphatic carbocycles. The lowest BCUT2D eigenvalue weighted by atomic mass is 9.44. The van der Waals surface area contributed by atoms with Gasteiger partial charge >= 0.3 is 5.97 Å². The molecule has 70 valence electrons. The third kappa shape index (κ3) is 1.07. The van der Waals surface area contributed by atoms with Gasteiger partial charge in [0.25, 0.3) is 0 Å². The SMILES string of the molecule is C#CCC1(C(=O)O)CC2(CCC2)C1. The molecule has 0 bridgehead atoms. The van der Waals surface area contributed by atoms with Crippen molar-refractivity contribution >= 4 is 5.97 Å². The monoisotopic (exact) mass is 178 g/mol. The van der Waals surface area contributed by atoms with Gasteiger partial charge in [-0.05, 0) is 31.1 Å². The van der Waals surface area contributed by atoms with Gasteiger partial charge in [0.15, 0.2) is 0 Å². The molecule has 0 aromatic rings. The summed E-state index contributed by atoms with van der Waals surface area (Å²) >= 11 is 0. The first-order chi connectivity index (χ1) is 6.13. The average molecular weight is 178 g/mol. The van der Waals surface area contributed by atoms with E-state index in [1.807, 2.05) is 0 Å². The molecule has 1 spiro atoms. The first-order valence-electron chi connectivity index (χ1n) is 4.79. The number of carboxylic acids is 1. The van der Waals surface area contributed by atoms with Crippen molar-refractivity contribution in [1.82, 2.24) is 0 Å². The third-order valence-electron chi connectivity index (χ3n) is 3.74. The quantitative estimate of drug-likeness (QED) is 0.657. The van der Waals surface area contributed by atoms with Crippen molar-refractivity contribution in [3.63, 3.8) is 0 Å². The number of carbonyl (C=O) groups is 1. The summed E-state index contributed by atoms with van der Waals surface area (Å²) in [6.45, 7) is 0. The second-order valence-corrected chi connectivity index (χ2v) is 4.67. The molecule has 0 radical (unpaired) electrons. The van der Waals surface area contributed by atoms with Crippen molar-refractivity contribution in [3.8, 4) is 12.3 Å². The zero-order valence-electron chi connectivity index (χ0n) is 7.68. The minimum Gasteiger partial charge on any atom is -0.481 e. The van der Waals surface area contributed by atoms with Gasteiger partial charge in [-0.1, -0.05) is 6.42 Å². The Morgan fingerprint density at radius 2 is 2.08 bits per heavy atom. The van der Waals surface area contributed by atoms with Crippen LogP contribution in [-0.2, 0) is 4.79 Å².